The van der Waals surface area contributed by atoms with Crippen LogP contribution in [-0.4, -0.2) is 35.2 Å². The zero-order valence-corrected chi connectivity index (χ0v) is 15.4. The lowest BCUT2D eigenvalue weighted by Crippen LogP contribution is -2.31. The summed E-state index contributed by atoms with van der Waals surface area (Å²) in [6, 6.07) is 8.41. The van der Waals surface area contributed by atoms with E-state index in [-0.39, 0.29) is 5.91 Å². The third-order valence-corrected chi connectivity index (χ3v) is 3.64. The number of hydrogen-bond acceptors (Lipinski definition) is 7. The number of nitriles is 1. The molecule has 8 heteroatoms. The van der Waals surface area contributed by atoms with Crippen molar-refractivity contribution in [3.8, 4) is 17.3 Å². The highest BCUT2D eigenvalue weighted by Crippen LogP contribution is 2.22. The molecule has 0 saturated carbocycles. The molecule has 0 bridgehead atoms. The van der Waals surface area contributed by atoms with Gasteiger partial charge >= 0.3 is 0 Å². The SMILES string of the molecule is CN=C/C(=C\N)Nc1ncc(C)c(-c2ccc(C(=O)NC(C)C#N)cc2)n1. The summed E-state index contributed by atoms with van der Waals surface area (Å²) in [4.78, 5) is 24.7. The van der Waals surface area contributed by atoms with Gasteiger partial charge in [0.15, 0.2) is 0 Å². The van der Waals surface area contributed by atoms with Gasteiger partial charge in [-0.3, -0.25) is 9.79 Å². The minimum atomic E-state index is -0.550. The molecule has 1 aromatic carbocycles. The molecule has 1 amide bonds. The first-order chi connectivity index (χ1) is 13.0. The first-order valence-corrected chi connectivity index (χ1v) is 8.24. The maximum absolute atomic E-state index is 12.1. The Morgan fingerprint density at radius 3 is 2.67 bits per heavy atom. The van der Waals surface area contributed by atoms with E-state index in [0.29, 0.717) is 17.2 Å². The summed E-state index contributed by atoms with van der Waals surface area (Å²) in [7, 11) is 1.64. The number of carbonyl (C=O) groups excluding carboxylic acids is 1. The molecule has 4 N–H and O–H groups in total. The zero-order chi connectivity index (χ0) is 19.8. The summed E-state index contributed by atoms with van der Waals surface area (Å²) in [5, 5.41) is 14.4. The number of nitrogens with two attached hydrogens (primary N) is 1. The van der Waals surface area contributed by atoms with Crippen LogP contribution in [0.2, 0.25) is 0 Å². The number of benzene rings is 1. The third kappa shape index (κ3) is 5.12. The number of aliphatic imine (C=N–C) groups is 1. The van der Waals surface area contributed by atoms with Crippen molar-refractivity contribution in [2.24, 2.45) is 10.7 Å². The van der Waals surface area contributed by atoms with Gasteiger partial charge in [0.1, 0.15) is 6.04 Å². The van der Waals surface area contributed by atoms with E-state index in [2.05, 4.69) is 25.6 Å². The van der Waals surface area contributed by atoms with Gasteiger partial charge in [-0.2, -0.15) is 5.26 Å². The molecule has 0 aliphatic heterocycles. The minimum Gasteiger partial charge on any atom is -0.403 e. The summed E-state index contributed by atoms with van der Waals surface area (Å²) in [6.45, 7) is 3.53. The Hall–Kier alpha value is -3.73. The number of rotatable bonds is 6. The van der Waals surface area contributed by atoms with Gasteiger partial charge in [0.25, 0.3) is 5.91 Å². The first kappa shape index (κ1) is 19.6. The van der Waals surface area contributed by atoms with E-state index in [1.165, 1.54) is 6.20 Å². The van der Waals surface area contributed by atoms with Crippen molar-refractivity contribution in [3.63, 3.8) is 0 Å². The van der Waals surface area contributed by atoms with E-state index >= 15 is 0 Å². The van der Waals surface area contributed by atoms with Crippen molar-refractivity contribution in [3.05, 3.63) is 53.5 Å². The summed E-state index contributed by atoms with van der Waals surface area (Å²) < 4.78 is 0. The molecule has 1 heterocycles. The largest absolute Gasteiger partial charge is 0.403 e. The Bertz CT molecular complexity index is 911. The number of nitrogens with one attached hydrogen (secondary N) is 2. The van der Waals surface area contributed by atoms with Crippen LogP contribution < -0.4 is 16.4 Å². The molecule has 1 aromatic heterocycles. The summed E-state index contributed by atoms with van der Waals surface area (Å²) >= 11 is 0. The average molecular weight is 363 g/mol. The maximum atomic E-state index is 12.1. The van der Waals surface area contributed by atoms with Gasteiger partial charge in [-0.25, -0.2) is 9.97 Å². The third-order valence-electron chi connectivity index (χ3n) is 3.64. The van der Waals surface area contributed by atoms with Crippen molar-refractivity contribution in [2.75, 3.05) is 12.4 Å². The Kier molecular flexibility index (Phi) is 6.61. The number of carbonyl (C=O) groups is 1. The zero-order valence-electron chi connectivity index (χ0n) is 15.4. The van der Waals surface area contributed by atoms with E-state index < -0.39 is 6.04 Å². The van der Waals surface area contributed by atoms with Gasteiger partial charge in [-0.1, -0.05) is 12.1 Å². The molecular weight excluding hydrogens is 342 g/mol. The van der Waals surface area contributed by atoms with Crippen molar-refractivity contribution >= 4 is 18.1 Å². The average Bonchev–Trinajstić information content (AvgIpc) is 2.69. The lowest BCUT2D eigenvalue weighted by Gasteiger charge is -2.10. The molecule has 1 unspecified atom stereocenters. The van der Waals surface area contributed by atoms with Crippen LogP contribution >= 0.6 is 0 Å². The number of nitrogens with zero attached hydrogens (tertiary/aromatic N) is 4. The van der Waals surface area contributed by atoms with Gasteiger partial charge in [-0.05, 0) is 31.5 Å². The van der Waals surface area contributed by atoms with E-state index in [9.17, 15) is 4.79 Å². The van der Waals surface area contributed by atoms with Gasteiger partial charge < -0.3 is 16.4 Å². The number of allylic oxidation sites excluding steroid dienone is 1. The van der Waals surface area contributed by atoms with Gasteiger partial charge in [0.05, 0.1) is 17.5 Å². The van der Waals surface area contributed by atoms with Crippen molar-refractivity contribution in [1.29, 1.82) is 5.26 Å². The van der Waals surface area contributed by atoms with Gasteiger partial charge in [0.2, 0.25) is 5.95 Å². The number of aromatic nitrogens is 2. The first-order valence-electron chi connectivity index (χ1n) is 8.24. The fourth-order valence-corrected chi connectivity index (χ4v) is 2.27. The Labute approximate surface area is 157 Å². The standard InChI is InChI=1S/C19H21N7O/c1-12-10-23-19(25-16(9-21)11-22-3)26-17(12)14-4-6-15(7-5-14)18(27)24-13(2)8-20/h4-7,9-11,13H,21H2,1-3H3,(H,24,27)(H,23,25,26)/b16-9+,22-11?. The van der Waals surface area contributed by atoms with Crippen LogP contribution in [0, 0.1) is 18.3 Å². The molecule has 0 spiro atoms. The summed E-state index contributed by atoms with van der Waals surface area (Å²) in [5.74, 6) is 0.0887. The molecule has 138 valence electrons. The van der Waals surface area contributed by atoms with E-state index in [1.54, 1.807) is 50.6 Å². The summed E-state index contributed by atoms with van der Waals surface area (Å²) in [6.07, 6.45) is 4.65. The normalized spacial score (nSPS) is 12.4. The highest BCUT2D eigenvalue weighted by Gasteiger charge is 2.11. The van der Waals surface area contributed by atoms with E-state index in [4.69, 9.17) is 11.0 Å². The topological polar surface area (TPSA) is 129 Å². The van der Waals surface area contributed by atoms with Crippen LogP contribution in [0.4, 0.5) is 5.95 Å². The molecule has 2 rings (SSSR count). The smallest absolute Gasteiger partial charge is 0.252 e. The maximum Gasteiger partial charge on any atom is 0.252 e. The second kappa shape index (κ2) is 9.10. The van der Waals surface area contributed by atoms with Crippen LogP contribution in [0.15, 0.2) is 47.4 Å². The number of hydrogen-bond donors (Lipinski definition) is 3. The molecule has 0 saturated heterocycles. The predicted octanol–water partition coefficient (Wildman–Crippen LogP) is 2.01. The van der Waals surface area contributed by atoms with Crippen LogP contribution in [0.25, 0.3) is 11.3 Å². The van der Waals surface area contributed by atoms with E-state index in [0.717, 1.165) is 16.8 Å². The van der Waals surface area contributed by atoms with Crippen molar-refractivity contribution in [2.45, 2.75) is 19.9 Å². The fraction of sp³-hybridized carbons (Fsp3) is 0.211. The fourth-order valence-electron chi connectivity index (χ4n) is 2.27. The molecule has 0 aliphatic rings. The number of aryl methyl sites for hydroxylation is 1. The minimum absolute atomic E-state index is 0.297. The molecule has 0 fully saturated rings. The monoisotopic (exact) mass is 363 g/mol. The molecular formula is C19H21N7O. The van der Waals surface area contributed by atoms with Crippen LogP contribution in [0.5, 0.6) is 0 Å². The number of anilines is 1. The Balaban J connectivity index is 2.26. The molecule has 0 radical (unpaired) electrons. The van der Waals surface area contributed by atoms with Gasteiger partial charge in [0, 0.05) is 36.8 Å². The predicted molar refractivity (Wildman–Crippen MR) is 105 cm³/mol. The molecule has 0 aliphatic carbocycles. The second-order valence-electron chi connectivity index (χ2n) is 5.76. The quantitative estimate of drug-likeness (QED) is 0.673. The van der Waals surface area contributed by atoms with E-state index in [1.807, 2.05) is 13.0 Å². The highest BCUT2D eigenvalue weighted by atomic mass is 16.1. The highest BCUT2D eigenvalue weighted by molar-refractivity contribution is 5.95. The lowest BCUT2D eigenvalue weighted by atomic mass is 10.1. The molecule has 27 heavy (non-hydrogen) atoms. The summed E-state index contributed by atoms with van der Waals surface area (Å²) in [5.41, 5.74) is 9.05. The van der Waals surface area contributed by atoms with Crippen LogP contribution in [0.3, 0.4) is 0 Å². The molecule has 2 aromatic rings. The second-order valence-corrected chi connectivity index (χ2v) is 5.76. The Morgan fingerprint density at radius 2 is 2.07 bits per heavy atom. The van der Waals surface area contributed by atoms with Crippen LogP contribution in [-0.2, 0) is 0 Å². The van der Waals surface area contributed by atoms with Crippen LogP contribution in [0.1, 0.15) is 22.8 Å². The van der Waals surface area contributed by atoms with Gasteiger partial charge in [-0.15, -0.1) is 0 Å². The van der Waals surface area contributed by atoms with Crippen molar-refractivity contribution < 1.29 is 4.79 Å². The lowest BCUT2D eigenvalue weighted by molar-refractivity contribution is 0.0948. The molecule has 1 atom stereocenters. The van der Waals surface area contributed by atoms with Crippen molar-refractivity contribution in [1.82, 2.24) is 15.3 Å². The Morgan fingerprint density at radius 1 is 1.37 bits per heavy atom. The molecule has 8 nitrogen and oxygen atoms in total. The number of amides is 1.